The van der Waals surface area contributed by atoms with E-state index in [9.17, 15) is 8.78 Å². The summed E-state index contributed by atoms with van der Waals surface area (Å²) < 4.78 is 29.1. The summed E-state index contributed by atoms with van der Waals surface area (Å²) in [4.78, 5) is 0. The van der Waals surface area contributed by atoms with Crippen molar-refractivity contribution in [3.05, 3.63) is 59.7 Å². The average molecular weight is 455 g/mol. The zero-order chi connectivity index (χ0) is 23.2. The van der Waals surface area contributed by atoms with E-state index in [2.05, 4.69) is 25.7 Å². The van der Waals surface area contributed by atoms with E-state index in [-0.39, 0.29) is 17.2 Å². The van der Waals surface area contributed by atoms with E-state index in [1.807, 2.05) is 0 Å². The monoisotopic (exact) mass is 454 g/mol. The normalized spacial score (nSPS) is 32.6. The number of allylic oxidation sites excluding steroid dienone is 3. The van der Waals surface area contributed by atoms with E-state index < -0.39 is 0 Å². The molecule has 0 aliphatic heterocycles. The number of hydrogen-bond donors (Lipinski definition) is 0. The van der Waals surface area contributed by atoms with Crippen molar-refractivity contribution in [2.45, 2.75) is 103 Å². The van der Waals surface area contributed by atoms with E-state index in [1.54, 1.807) is 18.2 Å². The van der Waals surface area contributed by atoms with Crippen molar-refractivity contribution in [1.82, 2.24) is 0 Å². The van der Waals surface area contributed by atoms with Gasteiger partial charge in [-0.2, -0.15) is 0 Å². The molecule has 4 unspecified atom stereocenters. The molecule has 0 N–H and O–H groups in total. The minimum Gasteiger partial charge on any atom is -0.207 e. The molecule has 0 aromatic heterocycles. The Morgan fingerprint density at radius 3 is 2.09 bits per heavy atom. The second-order valence-electron chi connectivity index (χ2n) is 11.3. The van der Waals surface area contributed by atoms with Crippen LogP contribution >= 0.6 is 0 Å². The summed E-state index contributed by atoms with van der Waals surface area (Å²) in [5, 5.41) is 0. The molecule has 4 rings (SSSR count). The van der Waals surface area contributed by atoms with Gasteiger partial charge >= 0.3 is 0 Å². The Kier molecular flexibility index (Phi) is 8.83. The Bertz CT molecular complexity index is 778. The molecular weight excluding hydrogens is 410 g/mol. The van der Waals surface area contributed by atoms with E-state index in [0.29, 0.717) is 18.8 Å². The Morgan fingerprint density at radius 2 is 1.42 bits per heavy atom. The molecule has 1 aromatic rings. The fourth-order valence-electron chi connectivity index (χ4n) is 7.48. The van der Waals surface area contributed by atoms with E-state index in [1.165, 1.54) is 64.2 Å². The van der Waals surface area contributed by atoms with Crippen LogP contribution in [0.5, 0.6) is 0 Å². The molecule has 3 saturated carbocycles. The van der Waals surface area contributed by atoms with Crippen molar-refractivity contribution < 1.29 is 8.78 Å². The molecule has 4 atom stereocenters. The van der Waals surface area contributed by atoms with Gasteiger partial charge in [-0.3, -0.25) is 0 Å². The molecule has 0 spiro atoms. The Hall–Kier alpha value is -1.44. The van der Waals surface area contributed by atoms with Gasteiger partial charge in [0.05, 0.1) is 0 Å². The number of rotatable bonds is 8. The SMILES string of the molecule is C=CCCc1c(F)cc(C2CCC(C3CCC4CC(CC/C=C/C)CCC4C3)CC2)cc1F. The lowest BCUT2D eigenvalue weighted by molar-refractivity contribution is 0.0621. The van der Waals surface area contributed by atoms with Gasteiger partial charge in [-0.05, 0) is 144 Å². The molecule has 3 aliphatic carbocycles. The molecule has 1 aromatic carbocycles. The predicted octanol–water partition coefficient (Wildman–Crippen LogP) is 9.55. The second kappa shape index (κ2) is 11.8. The molecule has 33 heavy (non-hydrogen) atoms. The number of halogens is 2. The number of fused-ring (bicyclic) bond motifs is 1. The van der Waals surface area contributed by atoms with Crippen LogP contribution in [0.3, 0.4) is 0 Å². The van der Waals surface area contributed by atoms with Crippen LogP contribution in [0.15, 0.2) is 36.9 Å². The predicted molar refractivity (Wildman–Crippen MR) is 135 cm³/mol. The molecule has 0 bridgehead atoms. The zero-order valence-electron chi connectivity index (χ0n) is 20.7. The quantitative estimate of drug-likeness (QED) is 0.343. The fraction of sp³-hybridized carbons (Fsp3) is 0.677. The maximum Gasteiger partial charge on any atom is 0.129 e. The van der Waals surface area contributed by atoms with Crippen LogP contribution < -0.4 is 0 Å². The highest BCUT2D eigenvalue weighted by Crippen LogP contribution is 2.50. The van der Waals surface area contributed by atoms with Crippen molar-refractivity contribution in [3.8, 4) is 0 Å². The van der Waals surface area contributed by atoms with Gasteiger partial charge < -0.3 is 0 Å². The molecule has 3 aliphatic rings. The number of benzene rings is 1. The highest BCUT2D eigenvalue weighted by atomic mass is 19.1. The average Bonchev–Trinajstić information content (AvgIpc) is 2.83. The first-order valence-corrected chi connectivity index (χ1v) is 13.8. The summed E-state index contributed by atoms with van der Waals surface area (Å²) in [6.45, 7) is 5.79. The summed E-state index contributed by atoms with van der Waals surface area (Å²) in [6, 6.07) is 3.24. The first-order valence-electron chi connectivity index (χ1n) is 13.8. The van der Waals surface area contributed by atoms with Gasteiger partial charge in [0.2, 0.25) is 0 Å². The molecule has 182 valence electrons. The van der Waals surface area contributed by atoms with E-state index in [4.69, 9.17) is 0 Å². The molecule has 0 heterocycles. The zero-order valence-corrected chi connectivity index (χ0v) is 20.7. The van der Waals surface area contributed by atoms with Crippen molar-refractivity contribution in [2.75, 3.05) is 0 Å². The second-order valence-corrected chi connectivity index (χ2v) is 11.3. The van der Waals surface area contributed by atoms with Gasteiger partial charge in [-0.15, -0.1) is 6.58 Å². The topological polar surface area (TPSA) is 0 Å². The lowest BCUT2D eigenvalue weighted by Gasteiger charge is -2.45. The lowest BCUT2D eigenvalue weighted by Crippen LogP contribution is -2.34. The van der Waals surface area contributed by atoms with Crippen molar-refractivity contribution in [2.24, 2.45) is 29.6 Å². The summed E-state index contributed by atoms with van der Waals surface area (Å²) >= 11 is 0. The van der Waals surface area contributed by atoms with Crippen LogP contribution in [-0.2, 0) is 6.42 Å². The molecule has 0 amide bonds. The first-order chi connectivity index (χ1) is 16.1. The highest BCUT2D eigenvalue weighted by Gasteiger charge is 2.38. The molecule has 0 radical (unpaired) electrons. The van der Waals surface area contributed by atoms with Crippen LogP contribution in [-0.4, -0.2) is 0 Å². The molecule has 0 saturated heterocycles. The third-order valence-electron chi connectivity index (χ3n) is 9.41. The van der Waals surface area contributed by atoms with Gasteiger partial charge in [0, 0.05) is 5.56 Å². The Labute approximate surface area is 200 Å². The lowest BCUT2D eigenvalue weighted by atomic mass is 9.60. The van der Waals surface area contributed by atoms with Crippen molar-refractivity contribution in [3.63, 3.8) is 0 Å². The summed E-state index contributed by atoms with van der Waals surface area (Å²) in [7, 11) is 0. The van der Waals surface area contributed by atoms with Crippen molar-refractivity contribution in [1.29, 1.82) is 0 Å². The van der Waals surface area contributed by atoms with Crippen LogP contribution in [0.1, 0.15) is 107 Å². The maximum absolute atomic E-state index is 14.6. The van der Waals surface area contributed by atoms with Crippen LogP contribution in [0.4, 0.5) is 8.78 Å². The van der Waals surface area contributed by atoms with Crippen LogP contribution in [0, 0.1) is 41.2 Å². The third-order valence-corrected chi connectivity index (χ3v) is 9.41. The van der Waals surface area contributed by atoms with Crippen LogP contribution in [0.25, 0.3) is 0 Å². The van der Waals surface area contributed by atoms with E-state index >= 15 is 0 Å². The number of hydrogen-bond acceptors (Lipinski definition) is 0. The van der Waals surface area contributed by atoms with Gasteiger partial charge in [0.25, 0.3) is 0 Å². The summed E-state index contributed by atoms with van der Waals surface area (Å²) in [5.41, 5.74) is 1.10. The Balaban J connectivity index is 1.27. The molecular formula is C31H44F2. The highest BCUT2D eigenvalue weighted by molar-refractivity contribution is 5.29. The minimum absolute atomic E-state index is 0.223. The Morgan fingerprint density at radius 1 is 0.818 bits per heavy atom. The largest absolute Gasteiger partial charge is 0.207 e. The smallest absolute Gasteiger partial charge is 0.129 e. The van der Waals surface area contributed by atoms with Gasteiger partial charge in [0.15, 0.2) is 0 Å². The third kappa shape index (κ3) is 6.17. The standard InChI is InChI=1S/C31H44F2/c1-3-5-7-8-22-10-11-27-19-26(17-16-25(27)18-22)23-12-14-24(15-13-23)28-20-30(32)29(9-6-4-2)31(33)21-28/h3-5,20-27H,2,6-19H2,1H3/b5-3+. The first kappa shape index (κ1) is 24.7. The van der Waals surface area contributed by atoms with Crippen LogP contribution in [0.2, 0.25) is 0 Å². The maximum atomic E-state index is 14.6. The molecule has 3 fully saturated rings. The van der Waals surface area contributed by atoms with E-state index in [0.717, 1.165) is 48.0 Å². The van der Waals surface area contributed by atoms with Crippen molar-refractivity contribution >= 4 is 0 Å². The summed E-state index contributed by atoms with van der Waals surface area (Å²) in [5.74, 6) is 4.21. The molecule has 2 heteroatoms. The van der Waals surface area contributed by atoms with Gasteiger partial charge in [-0.1, -0.05) is 24.6 Å². The van der Waals surface area contributed by atoms with Gasteiger partial charge in [0.1, 0.15) is 11.6 Å². The summed E-state index contributed by atoms with van der Waals surface area (Å²) in [6.07, 6.45) is 23.2. The van der Waals surface area contributed by atoms with Gasteiger partial charge in [-0.25, -0.2) is 8.78 Å². The minimum atomic E-state index is -0.367. The molecule has 0 nitrogen and oxygen atoms in total. The fourth-order valence-corrected chi connectivity index (χ4v) is 7.48.